The van der Waals surface area contributed by atoms with Gasteiger partial charge in [0.25, 0.3) is 0 Å². The van der Waals surface area contributed by atoms with E-state index < -0.39 is 0 Å². The smallest absolute Gasteiger partial charge is 0.123 e. The maximum Gasteiger partial charge on any atom is 0.123 e. The highest BCUT2D eigenvalue weighted by atomic mass is 19.1. The highest BCUT2D eigenvalue weighted by Crippen LogP contribution is 2.39. The van der Waals surface area contributed by atoms with E-state index in [2.05, 4.69) is 5.32 Å². The average Bonchev–Trinajstić information content (AvgIpc) is 2.48. The van der Waals surface area contributed by atoms with Crippen LogP contribution < -0.4 is 5.32 Å². The minimum atomic E-state index is -0.132. The highest BCUT2D eigenvalue weighted by Gasteiger charge is 2.32. The predicted molar refractivity (Wildman–Crippen MR) is 85.1 cm³/mol. The Labute approximate surface area is 128 Å². The Morgan fingerprint density at radius 1 is 1.24 bits per heavy atom. The molecule has 0 spiro atoms. The summed E-state index contributed by atoms with van der Waals surface area (Å²) in [5, 5.41) is 3.55. The van der Waals surface area contributed by atoms with E-state index >= 15 is 0 Å². The fourth-order valence-electron chi connectivity index (χ4n) is 3.51. The number of halogens is 1. The third-order valence-corrected chi connectivity index (χ3v) is 4.77. The molecule has 0 atom stereocenters. The molecule has 2 rings (SSSR count). The Bertz CT molecular complexity index is 441. The molecule has 3 heteroatoms. The van der Waals surface area contributed by atoms with Crippen molar-refractivity contribution in [3.8, 4) is 0 Å². The number of benzene rings is 1. The predicted octanol–water partition coefficient (Wildman–Crippen LogP) is 3.86. The van der Waals surface area contributed by atoms with E-state index in [1.54, 1.807) is 19.2 Å². The molecule has 1 saturated carbocycles. The molecule has 0 amide bonds. The van der Waals surface area contributed by atoms with Gasteiger partial charge in [0, 0.05) is 20.2 Å². The van der Waals surface area contributed by atoms with Crippen molar-refractivity contribution in [2.45, 2.75) is 45.4 Å². The summed E-state index contributed by atoms with van der Waals surface area (Å²) < 4.78 is 18.4. The second-order valence-electron chi connectivity index (χ2n) is 6.48. The van der Waals surface area contributed by atoms with Gasteiger partial charge < -0.3 is 10.1 Å². The van der Waals surface area contributed by atoms with Crippen LogP contribution in [0.4, 0.5) is 4.39 Å². The van der Waals surface area contributed by atoms with Gasteiger partial charge in [-0.05, 0) is 54.9 Å². The van der Waals surface area contributed by atoms with Crippen LogP contribution in [0.25, 0.3) is 0 Å². The molecule has 118 valence electrons. The Hall–Kier alpha value is -0.930. The first kappa shape index (κ1) is 16.4. The van der Waals surface area contributed by atoms with Gasteiger partial charge in [0.1, 0.15) is 5.82 Å². The molecule has 1 fully saturated rings. The molecule has 2 nitrogen and oxygen atoms in total. The van der Waals surface area contributed by atoms with Crippen LogP contribution in [0.2, 0.25) is 0 Å². The SMILES string of the molecule is COCCNCC1(Cc2ccc(F)cc2C)CCCCC1. The van der Waals surface area contributed by atoms with Gasteiger partial charge in [0.2, 0.25) is 0 Å². The Morgan fingerprint density at radius 2 is 2.00 bits per heavy atom. The summed E-state index contributed by atoms with van der Waals surface area (Å²) in [7, 11) is 1.74. The fraction of sp³-hybridized carbons (Fsp3) is 0.667. The van der Waals surface area contributed by atoms with Gasteiger partial charge in [0.05, 0.1) is 6.61 Å². The first-order valence-electron chi connectivity index (χ1n) is 8.10. The van der Waals surface area contributed by atoms with Gasteiger partial charge in [-0.2, -0.15) is 0 Å². The van der Waals surface area contributed by atoms with Crippen LogP contribution in [0.15, 0.2) is 18.2 Å². The Morgan fingerprint density at radius 3 is 2.67 bits per heavy atom. The van der Waals surface area contributed by atoms with E-state index in [9.17, 15) is 4.39 Å². The Balaban J connectivity index is 2.04. The highest BCUT2D eigenvalue weighted by molar-refractivity contribution is 5.28. The minimum absolute atomic E-state index is 0.132. The molecule has 0 unspecified atom stereocenters. The van der Waals surface area contributed by atoms with Crippen LogP contribution in [-0.2, 0) is 11.2 Å². The van der Waals surface area contributed by atoms with E-state index in [-0.39, 0.29) is 5.82 Å². The van der Waals surface area contributed by atoms with Crippen molar-refractivity contribution in [3.05, 3.63) is 35.1 Å². The van der Waals surface area contributed by atoms with Crippen molar-refractivity contribution in [1.29, 1.82) is 0 Å². The van der Waals surface area contributed by atoms with E-state index in [1.165, 1.54) is 37.7 Å². The monoisotopic (exact) mass is 293 g/mol. The molecule has 0 aliphatic heterocycles. The lowest BCUT2D eigenvalue weighted by Gasteiger charge is -2.38. The third-order valence-electron chi connectivity index (χ3n) is 4.77. The molecule has 1 aromatic rings. The average molecular weight is 293 g/mol. The van der Waals surface area contributed by atoms with Crippen molar-refractivity contribution >= 4 is 0 Å². The number of hydrogen-bond acceptors (Lipinski definition) is 2. The maximum atomic E-state index is 13.3. The zero-order valence-electron chi connectivity index (χ0n) is 13.4. The van der Waals surface area contributed by atoms with Gasteiger partial charge >= 0.3 is 0 Å². The molecule has 1 aliphatic carbocycles. The molecule has 0 saturated heterocycles. The molecule has 21 heavy (non-hydrogen) atoms. The molecule has 1 aliphatic rings. The van der Waals surface area contributed by atoms with E-state index in [0.717, 1.165) is 31.7 Å². The number of rotatable bonds is 7. The first-order chi connectivity index (χ1) is 10.2. The van der Waals surface area contributed by atoms with Gasteiger partial charge in [-0.15, -0.1) is 0 Å². The van der Waals surface area contributed by atoms with Gasteiger partial charge in [-0.1, -0.05) is 25.3 Å². The normalized spacial score (nSPS) is 17.9. The largest absolute Gasteiger partial charge is 0.383 e. The van der Waals surface area contributed by atoms with Crippen molar-refractivity contribution in [2.75, 3.05) is 26.8 Å². The minimum Gasteiger partial charge on any atom is -0.383 e. The van der Waals surface area contributed by atoms with Crippen LogP contribution in [0.1, 0.15) is 43.2 Å². The zero-order chi connectivity index (χ0) is 15.1. The molecule has 1 N–H and O–H groups in total. The van der Waals surface area contributed by atoms with Crippen molar-refractivity contribution in [3.63, 3.8) is 0 Å². The van der Waals surface area contributed by atoms with Gasteiger partial charge in [0.15, 0.2) is 0 Å². The van der Waals surface area contributed by atoms with Crippen molar-refractivity contribution in [2.24, 2.45) is 5.41 Å². The quantitative estimate of drug-likeness (QED) is 0.771. The summed E-state index contributed by atoms with van der Waals surface area (Å²) in [6.45, 7) is 4.72. The third kappa shape index (κ3) is 4.79. The van der Waals surface area contributed by atoms with Crippen molar-refractivity contribution in [1.82, 2.24) is 5.32 Å². The molecule has 0 bridgehead atoms. The van der Waals surface area contributed by atoms with Gasteiger partial charge in [-0.3, -0.25) is 0 Å². The standard InChI is InChI=1S/C18H28FNO/c1-15-12-17(19)7-6-16(15)13-18(8-4-3-5-9-18)14-20-10-11-21-2/h6-7,12,20H,3-5,8-11,13-14H2,1-2H3. The van der Waals surface area contributed by atoms with Crippen LogP contribution in [0, 0.1) is 18.2 Å². The second kappa shape index (κ2) is 7.90. The number of nitrogens with one attached hydrogen (secondary N) is 1. The Kier molecular flexibility index (Phi) is 6.19. The summed E-state index contributed by atoms with van der Waals surface area (Å²) in [6, 6.07) is 5.22. The molecule has 0 radical (unpaired) electrons. The number of aryl methyl sites for hydroxylation is 1. The number of methoxy groups -OCH3 is 1. The van der Waals surface area contributed by atoms with Crippen LogP contribution in [-0.4, -0.2) is 26.8 Å². The molecule has 0 aromatic heterocycles. The maximum absolute atomic E-state index is 13.3. The van der Waals surface area contributed by atoms with E-state index in [0.29, 0.717) is 5.41 Å². The lowest BCUT2D eigenvalue weighted by Crippen LogP contribution is -2.39. The number of hydrogen-bond donors (Lipinski definition) is 1. The summed E-state index contributed by atoms with van der Waals surface area (Å²) in [6.07, 6.45) is 7.56. The summed E-state index contributed by atoms with van der Waals surface area (Å²) in [5.41, 5.74) is 2.71. The van der Waals surface area contributed by atoms with Crippen LogP contribution in [0.3, 0.4) is 0 Å². The zero-order valence-corrected chi connectivity index (χ0v) is 13.4. The second-order valence-corrected chi connectivity index (χ2v) is 6.48. The molecular weight excluding hydrogens is 265 g/mol. The first-order valence-corrected chi connectivity index (χ1v) is 8.10. The van der Waals surface area contributed by atoms with Crippen molar-refractivity contribution < 1.29 is 9.13 Å². The van der Waals surface area contributed by atoms with E-state index in [1.807, 2.05) is 13.0 Å². The van der Waals surface area contributed by atoms with E-state index in [4.69, 9.17) is 4.74 Å². The topological polar surface area (TPSA) is 21.3 Å². The lowest BCUT2D eigenvalue weighted by molar-refractivity contribution is 0.162. The molecule has 1 aromatic carbocycles. The van der Waals surface area contributed by atoms with Crippen LogP contribution in [0.5, 0.6) is 0 Å². The summed E-state index contributed by atoms with van der Waals surface area (Å²) >= 11 is 0. The van der Waals surface area contributed by atoms with Gasteiger partial charge in [-0.25, -0.2) is 4.39 Å². The summed E-state index contributed by atoms with van der Waals surface area (Å²) in [4.78, 5) is 0. The fourth-order valence-corrected chi connectivity index (χ4v) is 3.51. The summed E-state index contributed by atoms with van der Waals surface area (Å²) in [5.74, 6) is -0.132. The van der Waals surface area contributed by atoms with Crippen LogP contribution >= 0.6 is 0 Å². The molecular formula is C18H28FNO. The molecule has 0 heterocycles. The lowest BCUT2D eigenvalue weighted by atomic mass is 9.70. The number of ether oxygens (including phenoxy) is 1.